The monoisotopic (exact) mass is 358 g/mol. The Labute approximate surface area is 126 Å². The molecule has 1 N–H and O–H groups in total. The van der Waals surface area contributed by atoms with Crippen molar-refractivity contribution in [2.24, 2.45) is 0 Å². The molecule has 20 heavy (non-hydrogen) atoms. The van der Waals surface area contributed by atoms with Crippen LogP contribution in [0.5, 0.6) is 0 Å². The SMILES string of the molecule is CN(C)S(=O)(=O)c1ccc(NCc2occc2Br)cc1. The molecule has 0 spiro atoms. The molecule has 0 atom stereocenters. The quantitative estimate of drug-likeness (QED) is 0.892. The summed E-state index contributed by atoms with van der Waals surface area (Å²) >= 11 is 3.37. The maximum Gasteiger partial charge on any atom is 0.242 e. The number of halogens is 1. The first-order valence-corrected chi connectivity index (χ1v) is 8.13. The van der Waals surface area contributed by atoms with Crippen LogP contribution in [0, 0.1) is 0 Å². The average Bonchev–Trinajstić information content (AvgIpc) is 2.82. The largest absolute Gasteiger partial charge is 0.466 e. The Bertz CT molecular complexity index is 678. The number of rotatable bonds is 5. The minimum atomic E-state index is -3.38. The Morgan fingerprint density at radius 2 is 1.85 bits per heavy atom. The summed E-state index contributed by atoms with van der Waals surface area (Å²) in [6.45, 7) is 0.521. The van der Waals surface area contributed by atoms with E-state index in [1.807, 2.05) is 6.07 Å². The molecule has 0 radical (unpaired) electrons. The summed E-state index contributed by atoms with van der Waals surface area (Å²) in [5.74, 6) is 0.787. The van der Waals surface area contributed by atoms with E-state index in [1.54, 1.807) is 30.5 Å². The van der Waals surface area contributed by atoms with E-state index in [-0.39, 0.29) is 4.90 Å². The molecule has 0 fully saturated rings. The lowest BCUT2D eigenvalue weighted by atomic mass is 10.3. The van der Waals surface area contributed by atoms with E-state index in [1.165, 1.54) is 18.4 Å². The molecule has 0 unspecified atom stereocenters. The first kappa shape index (κ1) is 15.1. The molecule has 0 saturated carbocycles. The number of hydrogen-bond acceptors (Lipinski definition) is 4. The molecule has 0 amide bonds. The zero-order valence-corrected chi connectivity index (χ0v) is 13.5. The molecular weight excluding hydrogens is 344 g/mol. The number of anilines is 1. The fraction of sp³-hybridized carbons (Fsp3) is 0.231. The third kappa shape index (κ3) is 3.23. The van der Waals surface area contributed by atoms with Crippen molar-refractivity contribution in [3.8, 4) is 0 Å². The fourth-order valence-electron chi connectivity index (χ4n) is 1.59. The van der Waals surface area contributed by atoms with Crippen LogP contribution >= 0.6 is 15.9 Å². The van der Waals surface area contributed by atoms with Crippen molar-refractivity contribution in [2.45, 2.75) is 11.4 Å². The number of hydrogen-bond donors (Lipinski definition) is 1. The summed E-state index contributed by atoms with van der Waals surface area (Å²) in [6, 6.07) is 8.44. The molecule has 0 bridgehead atoms. The summed E-state index contributed by atoms with van der Waals surface area (Å²) in [6.07, 6.45) is 1.61. The van der Waals surface area contributed by atoms with Gasteiger partial charge in [-0.25, -0.2) is 12.7 Å². The normalized spacial score (nSPS) is 11.8. The number of nitrogens with one attached hydrogen (secondary N) is 1. The van der Waals surface area contributed by atoms with Crippen LogP contribution in [0.1, 0.15) is 5.76 Å². The predicted molar refractivity (Wildman–Crippen MR) is 81.0 cm³/mol. The molecule has 108 valence electrons. The second-order valence-corrected chi connectivity index (χ2v) is 7.36. The van der Waals surface area contributed by atoms with E-state index in [9.17, 15) is 8.42 Å². The first-order valence-electron chi connectivity index (χ1n) is 5.89. The van der Waals surface area contributed by atoms with Gasteiger partial charge in [-0.2, -0.15) is 0 Å². The van der Waals surface area contributed by atoms with Gasteiger partial charge in [0.2, 0.25) is 10.0 Å². The predicted octanol–water partition coefficient (Wildman–Crippen LogP) is 2.90. The van der Waals surface area contributed by atoms with Gasteiger partial charge in [-0.3, -0.25) is 0 Å². The van der Waals surface area contributed by atoms with Crippen molar-refractivity contribution < 1.29 is 12.8 Å². The summed E-state index contributed by atoms with van der Waals surface area (Å²) in [5.41, 5.74) is 0.825. The third-order valence-electron chi connectivity index (χ3n) is 2.78. The van der Waals surface area contributed by atoms with Crippen molar-refractivity contribution in [3.63, 3.8) is 0 Å². The highest BCUT2D eigenvalue weighted by molar-refractivity contribution is 9.10. The lowest BCUT2D eigenvalue weighted by Gasteiger charge is -2.12. The minimum Gasteiger partial charge on any atom is -0.466 e. The van der Waals surface area contributed by atoms with Gasteiger partial charge >= 0.3 is 0 Å². The lowest BCUT2D eigenvalue weighted by Crippen LogP contribution is -2.22. The lowest BCUT2D eigenvalue weighted by molar-refractivity contribution is 0.515. The van der Waals surface area contributed by atoms with Crippen molar-refractivity contribution in [1.82, 2.24) is 4.31 Å². The average molecular weight is 359 g/mol. The highest BCUT2D eigenvalue weighted by Crippen LogP contribution is 2.20. The van der Waals surface area contributed by atoms with Crippen LogP contribution in [-0.2, 0) is 16.6 Å². The molecule has 7 heteroatoms. The molecule has 2 rings (SSSR count). The van der Waals surface area contributed by atoms with E-state index in [4.69, 9.17) is 4.42 Å². The summed E-state index contributed by atoms with van der Waals surface area (Å²) in [4.78, 5) is 0.271. The van der Waals surface area contributed by atoms with Crippen LogP contribution in [0.25, 0.3) is 0 Å². The van der Waals surface area contributed by atoms with Crippen LogP contribution in [0.4, 0.5) is 5.69 Å². The van der Waals surface area contributed by atoms with E-state index < -0.39 is 10.0 Å². The Morgan fingerprint density at radius 1 is 1.20 bits per heavy atom. The van der Waals surface area contributed by atoms with Gasteiger partial charge in [-0.15, -0.1) is 0 Å². The maximum absolute atomic E-state index is 11.9. The van der Waals surface area contributed by atoms with Gasteiger partial charge in [0, 0.05) is 19.8 Å². The van der Waals surface area contributed by atoms with Gasteiger partial charge in [0.25, 0.3) is 0 Å². The fourth-order valence-corrected chi connectivity index (χ4v) is 2.83. The van der Waals surface area contributed by atoms with Crippen LogP contribution in [0.15, 0.2) is 50.4 Å². The molecule has 0 saturated heterocycles. The molecule has 0 aliphatic carbocycles. The van der Waals surface area contributed by atoms with Crippen molar-refractivity contribution in [1.29, 1.82) is 0 Å². The second kappa shape index (κ2) is 5.99. The summed E-state index contributed by atoms with van der Waals surface area (Å²) in [5, 5.41) is 3.16. The molecule has 2 aromatic rings. The molecular formula is C13H15BrN2O3S. The molecule has 1 heterocycles. The van der Waals surface area contributed by atoms with Crippen molar-refractivity contribution >= 4 is 31.6 Å². The van der Waals surface area contributed by atoms with Gasteiger partial charge < -0.3 is 9.73 Å². The molecule has 1 aromatic heterocycles. The van der Waals surface area contributed by atoms with E-state index in [0.717, 1.165) is 15.9 Å². The van der Waals surface area contributed by atoms with Gasteiger partial charge in [-0.1, -0.05) is 0 Å². The van der Waals surface area contributed by atoms with Crippen LogP contribution < -0.4 is 5.32 Å². The maximum atomic E-state index is 11.9. The topological polar surface area (TPSA) is 62.6 Å². The van der Waals surface area contributed by atoms with E-state index in [0.29, 0.717) is 6.54 Å². The van der Waals surface area contributed by atoms with E-state index in [2.05, 4.69) is 21.2 Å². The Hall–Kier alpha value is -1.31. The van der Waals surface area contributed by atoms with E-state index >= 15 is 0 Å². The van der Waals surface area contributed by atoms with Crippen molar-refractivity contribution in [3.05, 3.63) is 46.8 Å². The van der Waals surface area contributed by atoms with Crippen molar-refractivity contribution in [2.75, 3.05) is 19.4 Å². The molecule has 5 nitrogen and oxygen atoms in total. The zero-order chi connectivity index (χ0) is 14.8. The standard InChI is InChI=1S/C13H15BrN2O3S/c1-16(2)20(17,18)11-5-3-10(4-6-11)15-9-13-12(14)7-8-19-13/h3-8,15H,9H2,1-2H3. The Kier molecular flexibility index (Phi) is 4.52. The highest BCUT2D eigenvalue weighted by Gasteiger charge is 2.16. The number of benzene rings is 1. The molecule has 0 aliphatic heterocycles. The number of nitrogens with zero attached hydrogens (tertiary/aromatic N) is 1. The van der Waals surface area contributed by atoms with Crippen LogP contribution in [0.2, 0.25) is 0 Å². The molecule has 1 aromatic carbocycles. The van der Waals surface area contributed by atoms with Gasteiger partial charge in [0.05, 0.1) is 22.2 Å². The number of furan rings is 1. The Morgan fingerprint density at radius 3 is 2.35 bits per heavy atom. The Balaban J connectivity index is 2.08. The minimum absolute atomic E-state index is 0.271. The van der Waals surface area contributed by atoms with Gasteiger partial charge in [0.1, 0.15) is 5.76 Å². The van der Waals surface area contributed by atoms with Gasteiger partial charge in [0.15, 0.2) is 0 Å². The van der Waals surface area contributed by atoms with Gasteiger partial charge in [-0.05, 0) is 46.3 Å². The second-order valence-electron chi connectivity index (χ2n) is 4.36. The highest BCUT2D eigenvalue weighted by atomic mass is 79.9. The van der Waals surface area contributed by atoms with Crippen LogP contribution in [0.3, 0.4) is 0 Å². The first-order chi connectivity index (χ1) is 9.41. The zero-order valence-electron chi connectivity index (χ0n) is 11.1. The smallest absolute Gasteiger partial charge is 0.242 e. The number of sulfonamides is 1. The summed E-state index contributed by atoms with van der Waals surface area (Å²) < 4.78 is 31.2. The van der Waals surface area contributed by atoms with Crippen LogP contribution in [-0.4, -0.2) is 26.8 Å². The third-order valence-corrected chi connectivity index (χ3v) is 5.31. The summed E-state index contributed by atoms with van der Waals surface area (Å²) in [7, 11) is -0.359. The molecule has 0 aliphatic rings.